The molecule has 0 aromatic carbocycles. The fourth-order valence-corrected chi connectivity index (χ4v) is 2.51. The predicted octanol–water partition coefficient (Wildman–Crippen LogP) is 1.98. The zero-order chi connectivity index (χ0) is 18.0. The van der Waals surface area contributed by atoms with Gasteiger partial charge in [-0.05, 0) is 27.7 Å². The first-order valence-electron chi connectivity index (χ1n) is 6.57. The van der Waals surface area contributed by atoms with E-state index in [-0.39, 0.29) is 0 Å². The van der Waals surface area contributed by atoms with Crippen molar-refractivity contribution in [2.24, 2.45) is 0 Å². The molecule has 0 aliphatic carbocycles. The van der Waals surface area contributed by atoms with Crippen LogP contribution in [0.4, 0.5) is 0 Å². The van der Waals surface area contributed by atoms with Crippen LogP contribution in [-0.4, -0.2) is 30.7 Å². The van der Waals surface area contributed by atoms with Crippen molar-refractivity contribution in [1.29, 1.82) is 31.6 Å². The van der Waals surface area contributed by atoms with E-state index in [2.05, 4.69) is 27.7 Å². The standard InChI is InChI=1S/C8H20N.6CN.Mn/c1-5-9(6-2,7-3)8-4;6*1-2;/h5-8H2,1-4H3;;;;;;;/q+1;;;;;;;-1. The van der Waals surface area contributed by atoms with Crippen LogP contribution in [-0.2, 0) is 10.7 Å². The quantitative estimate of drug-likeness (QED) is 0.565. The van der Waals surface area contributed by atoms with E-state index >= 15 is 0 Å². The Labute approximate surface area is 130 Å². The predicted molar refractivity (Wildman–Crippen MR) is 76.1 cm³/mol. The summed E-state index contributed by atoms with van der Waals surface area (Å²) >= 11 is 0. The monoisotopic (exact) mass is 341 g/mol. The molecule has 0 aliphatic rings. The second-order valence-electron chi connectivity index (χ2n) is 4.53. The fraction of sp³-hybridized carbons (Fsp3) is 0.571. The van der Waals surface area contributed by atoms with Gasteiger partial charge >= 0.3 is 72.1 Å². The molecule has 0 aromatic heterocycles. The summed E-state index contributed by atoms with van der Waals surface area (Å²) in [6.45, 7) is 14.2. The van der Waals surface area contributed by atoms with Crippen molar-refractivity contribution in [2.75, 3.05) is 26.2 Å². The van der Waals surface area contributed by atoms with Crippen molar-refractivity contribution in [1.82, 2.24) is 0 Å². The number of hydrogen-bond donors (Lipinski definition) is 0. The van der Waals surface area contributed by atoms with Crippen LogP contribution < -0.4 is 0 Å². The molecular weight excluding hydrogens is 321 g/mol. The van der Waals surface area contributed by atoms with Crippen molar-refractivity contribution in [3.8, 4) is 29.8 Å². The van der Waals surface area contributed by atoms with Crippen LogP contribution in [0.25, 0.3) is 0 Å². The van der Waals surface area contributed by atoms with Crippen LogP contribution in [0.5, 0.6) is 0 Å². The molecule has 0 heterocycles. The Morgan fingerprint density at radius 1 is 0.545 bits per heavy atom. The van der Waals surface area contributed by atoms with E-state index < -0.39 is 10.7 Å². The summed E-state index contributed by atoms with van der Waals surface area (Å²) in [7, 11) is -6.30. The fourth-order valence-electron chi connectivity index (χ4n) is 1.63. The van der Waals surface area contributed by atoms with E-state index in [0.29, 0.717) is 0 Å². The molecule has 7 nitrogen and oxygen atoms in total. The van der Waals surface area contributed by atoms with Gasteiger partial charge in [0.1, 0.15) is 0 Å². The van der Waals surface area contributed by atoms with Gasteiger partial charge in [0.05, 0.1) is 26.2 Å². The third-order valence-corrected chi connectivity index (χ3v) is 7.91. The Bertz CT molecular complexity index is 516. The van der Waals surface area contributed by atoms with Gasteiger partial charge in [0, 0.05) is 0 Å². The Hall–Kier alpha value is -2.58. The first kappa shape index (κ1) is 21.7. The molecule has 0 bridgehead atoms. The Morgan fingerprint density at radius 2 is 0.727 bits per heavy atom. The van der Waals surface area contributed by atoms with Crippen molar-refractivity contribution in [3.63, 3.8) is 0 Å². The second-order valence-corrected chi connectivity index (χ2v) is 10.5. The van der Waals surface area contributed by atoms with Crippen LogP contribution >= 0.6 is 0 Å². The molecule has 0 radical (unpaired) electrons. The minimum atomic E-state index is -6.30. The van der Waals surface area contributed by atoms with E-state index in [4.69, 9.17) is 31.6 Å². The zero-order valence-electron chi connectivity index (χ0n) is 13.3. The summed E-state index contributed by atoms with van der Waals surface area (Å²) in [6, 6.07) is 0. The summed E-state index contributed by atoms with van der Waals surface area (Å²) in [6.07, 6.45) is 0. The molecule has 0 aromatic rings. The molecule has 0 saturated carbocycles. The van der Waals surface area contributed by atoms with Gasteiger partial charge in [-0.2, -0.15) is 0 Å². The summed E-state index contributed by atoms with van der Waals surface area (Å²) in [5.41, 5.74) is 0. The molecule has 8 heteroatoms. The number of hydrogen-bond acceptors (Lipinski definition) is 6. The van der Waals surface area contributed by atoms with E-state index in [1.54, 1.807) is 0 Å². The van der Waals surface area contributed by atoms with Crippen molar-refractivity contribution in [2.45, 2.75) is 27.7 Å². The Balaban J connectivity index is 0. The van der Waals surface area contributed by atoms with E-state index in [1.807, 2.05) is 0 Å². The van der Waals surface area contributed by atoms with E-state index in [9.17, 15) is 0 Å². The molecule has 22 heavy (non-hydrogen) atoms. The van der Waals surface area contributed by atoms with Gasteiger partial charge in [0.15, 0.2) is 0 Å². The maximum absolute atomic E-state index is 8.58. The molecular formula is C14H20MnN7. The molecule has 0 atom stereocenters. The molecule has 118 valence electrons. The second kappa shape index (κ2) is 6.92. The van der Waals surface area contributed by atoms with Crippen LogP contribution in [0.3, 0.4) is 0 Å². The molecule has 0 unspecified atom stereocenters. The molecule has 0 spiro atoms. The summed E-state index contributed by atoms with van der Waals surface area (Å²) in [5.74, 6) is 0. The van der Waals surface area contributed by atoms with Crippen molar-refractivity contribution in [3.05, 3.63) is 0 Å². The molecule has 0 saturated heterocycles. The summed E-state index contributed by atoms with van der Waals surface area (Å²) < 4.78 is 1.28. The first-order chi connectivity index (χ1) is 10.2. The van der Waals surface area contributed by atoms with Gasteiger partial charge < -0.3 is 4.48 Å². The molecule has 0 amide bonds. The van der Waals surface area contributed by atoms with Crippen LogP contribution in [0.15, 0.2) is 0 Å². The average molecular weight is 341 g/mol. The molecule has 0 aliphatic heterocycles. The van der Waals surface area contributed by atoms with Gasteiger partial charge in [-0.1, -0.05) is 0 Å². The average Bonchev–Trinajstić information content (AvgIpc) is 2.63. The number of quaternary nitrogens is 1. The Kier molecular flexibility index (Phi) is 6.83. The van der Waals surface area contributed by atoms with Gasteiger partial charge in [0.25, 0.3) is 0 Å². The van der Waals surface area contributed by atoms with Crippen LogP contribution in [0.1, 0.15) is 27.7 Å². The van der Waals surface area contributed by atoms with Gasteiger partial charge in [-0.25, -0.2) is 0 Å². The van der Waals surface area contributed by atoms with Crippen molar-refractivity contribution < 1.29 is 15.2 Å². The van der Waals surface area contributed by atoms with E-state index in [1.165, 1.54) is 30.7 Å². The van der Waals surface area contributed by atoms with E-state index in [0.717, 1.165) is 29.8 Å². The zero-order valence-corrected chi connectivity index (χ0v) is 14.5. The molecule has 0 rings (SSSR count). The summed E-state index contributed by atoms with van der Waals surface area (Å²) in [4.78, 5) is 6.25. The van der Waals surface area contributed by atoms with Crippen molar-refractivity contribution >= 4 is 0 Å². The SMILES string of the molecule is CC[N+](CC)(CC)CC.N#[C][Mn-]([C]#N)([C]#N)([C]#N)([C]#N)[C]#N. The van der Waals surface area contributed by atoms with Gasteiger partial charge in [-0.3, -0.25) is 0 Å². The normalized spacial score (nSPS) is 12.8. The van der Waals surface area contributed by atoms with Gasteiger partial charge in [0.2, 0.25) is 0 Å². The third-order valence-electron chi connectivity index (χ3n) is 3.95. The minimum absolute atomic E-state index is 1.04. The van der Waals surface area contributed by atoms with Crippen LogP contribution in [0.2, 0.25) is 0 Å². The summed E-state index contributed by atoms with van der Waals surface area (Å²) in [5, 5.41) is 51.5. The number of nitriles is 6. The number of nitrogens with zero attached hydrogens (tertiary/aromatic N) is 7. The Morgan fingerprint density at radius 3 is 0.727 bits per heavy atom. The molecule has 0 N–H and O–H groups in total. The maximum atomic E-state index is 8.58. The number of rotatable bonds is 4. The molecule has 0 fully saturated rings. The third kappa shape index (κ3) is 3.02. The first-order valence-corrected chi connectivity index (χ1v) is 10.1. The van der Waals surface area contributed by atoms with Crippen LogP contribution in [0, 0.1) is 61.4 Å². The topological polar surface area (TPSA) is 143 Å². The van der Waals surface area contributed by atoms with Gasteiger partial charge in [-0.15, -0.1) is 0 Å².